The van der Waals surface area contributed by atoms with Crippen molar-refractivity contribution < 1.29 is 9.50 Å². The molecule has 1 fully saturated rings. The molecule has 1 saturated heterocycles. The van der Waals surface area contributed by atoms with E-state index in [4.69, 9.17) is 0 Å². The van der Waals surface area contributed by atoms with Crippen molar-refractivity contribution in [1.29, 1.82) is 0 Å². The summed E-state index contributed by atoms with van der Waals surface area (Å²) in [6.07, 6.45) is 4.99. The molecule has 0 bridgehead atoms. The number of halogens is 1. The Morgan fingerprint density at radius 2 is 1.34 bits per heavy atom. The van der Waals surface area contributed by atoms with E-state index in [1.54, 1.807) is 12.1 Å². The molecular formula is C31H31FNOP. The van der Waals surface area contributed by atoms with Crippen LogP contribution >= 0.6 is 8.58 Å². The lowest BCUT2D eigenvalue weighted by molar-refractivity contribution is 0.474. The Hall–Kier alpha value is -3.16. The quantitative estimate of drug-likeness (QED) is 0.311. The van der Waals surface area contributed by atoms with Gasteiger partial charge in [0.25, 0.3) is 0 Å². The molecule has 0 radical (unpaired) electrons. The van der Waals surface area contributed by atoms with Gasteiger partial charge in [-0.3, -0.25) is 0 Å². The fraction of sp³-hybridized carbons (Fsp3) is 0.226. The number of hydrogen-bond acceptors (Lipinski definition) is 2. The minimum atomic E-state index is -0.203. The largest absolute Gasteiger partial charge is 0.507 e. The minimum absolute atomic E-state index is 0.203. The molecule has 4 heteroatoms. The van der Waals surface area contributed by atoms with Gasteiger partial charge in [-0.2, -0.15) is 0 Å². The van der Waals surface area contributed by atoms with Crippen LogP contribution in [0.3, 0.4) is 0 Å². The summed E-state index contributed by atoms with van der Waals surface area (Å²) in [5, 5.41) is 13.4. The lowest BCUT2D eigenvalue weighted by Crippen LogP contribution is -2.32. The van der Waals surface area contributed by atoms with Gasteiger partial charge >= 0.3 is 0 Å². The van der Waals surface area contributed by atoms with Crippen molar-refractivity contribution in [1.82, 2.24) is 0 Å². The Labute approximate surface area is 209 Å². The summed E-state index contributed by atoms with van der Waals surface area (Å²) in [5.41, 5.74) is 5.51. The fourth-order valence-electron chi connectivity index (χ4n) is 4.89. The lowest BCUT2D eigenvalue weighted by atomic mass is 9.98. The fourth-order valence-corrected chi connectivity index (χ4v) is 6.24. The van der Waals surface area contributed by atoms with Crippen LogP contribution in [-0.4, -0.2) is 18.2 Å². The van der Waals surface area contributed by atoms with Crippen LogP contribution in [0.1, 0.15) is 41.5 Å². The first-order valence-corrected chi connectivity index (χ1v) is 13.4. The molecule has 4 aromatic rings. The Morgan fingerprint density at radius 3 is 2.03 bits per heavy atom. The van der Waals surface area contributed by atoms with Crippen molar-refractivity contribution in [2.75, 3.05) is 18.0 Å². The van der Waals surface area contributed by atoms with Crippen LogP contribution in [0, 0.1) is 5.82 Å². The van der Waals surface area contributed by atoms with Crippen molar-refractivity contribution in [3.63, 3.8) is 0 Å². The molecule has 5 rings (SSSR count). The maximum atomic E-state index is 14.3. The molecule has 2 nitrogen and oxygen atoms in total. The number of piperidine rings is 1. The summed E-state index contributed by atoms with van der Waals surface area (Å²) in [6, 6.07) is 30.1. The van der Waals surface area contributed by atoms with E-state index >= 15 is 0 Å². The smallest absolute Gasteiger partial charge is 0.126 e. The number of nitrogens with zero attached hydrogens (tertiary/aromatic N) is 1. The topological polar surface area (TPSA) is 23.5 Å². The number of benzene rings is 4. The molecule has 0 amide bonds. The Bertz CT molecular complexity index is 1270. The van der Waals surface area contributed by atoms with Gasteiger partial charge in [-0.15, -0.1) is 0 Å². The van der Waals surface area contributed by atoms with E-state index in [1.165, 1.54) is 23.1 Å². The maximum Gasteiger partial charge on any atom is 0.126 e. The Balaban J connectivity index is 1.52. The highest BCUT2D eigenvalue weighted by atomic mass is 31.1. The van der Waals surface area contributed by atoms with Crippen LogP contribution in [0.5, 0.6) is 5.75 Å². The van der Waals surface area contributed by atoms with Crippen LogP contribution < -0.4 is 15.5 Å². The van der Waals surface area contributed by atoms with E-state index in [1.807, 2.05) is 30.3 Å². The van der Waals surface area contributed by atoms with Gasteiger partial charge in [-0.25, -0.2) is 4.39 Å². The van der Waals surface area contributed by atoms with Crippen LogP contribution in [0.25, 0.3) is 0 Å². The van der Waals surface area contributed by atoms with Crippen molar-refractivity contribution >= 4 is 24.9 Å². The first-order chi connectivity index (χ1) is 17.2. The summed E-state index contributed by atoms with van der Waals surface area (Å²) in [4.78, 5) is 2.31. The Kier molecular flexibility index (Phi) is 7.45. The predicted molar refractivity (Wildman–Crippen MR) is 147 cm³/mol. The number of aromatic hydroxyl groups is 1. The molecule has 1 N–H and O–H groups in total. The van der Waals surface area contributed by atoms with Gasteiger partial charge in [0, 0.05) is 35.8 Å². The minimum Gasteiger partial charge on any atom is -0.507 e. The van der Waals surface area contributed by atoms with Gasteiger partial charge in [0.2, 0.25) is 0 Å². The number of rotatable bonds is 7. The molecule has 1 aliphatic heterocycles. The molecule has 1 atom stereocenters. The van der Waals surface area contributed by atoms with E-state index in [0.717, 1.165) is 54.2 Å². The van der Waals surface area contributed by atoms with E-state index in [-0.39, 0.29) is 14.4 Å². The standard InChI is InChI=1S/C31H31FNOP/c32-27-14-15-29(28(22-27)33-16-8-3-9-17-33)35-30-21-25(18-23-10-4-1-5-11-23)20-26(31(30)34)19-24-12-6-2-7-13-24/h1-2,4-7,10-15,20-22,34-35H,3,8-9,16-19H2. The Morgan fingerprint density at radius 1 is 0.686 bits per heavy atom. The number of hydrogen-bond donors (Lipinski definition) is 1. The van der Waals surface area contributed by atoms with Gasteiger partial charge in [-0.05, 0) is 72.2 Å². The van der Waals surface area contributed by atoms with Crippen molar-refractivity contribution in [3.8, 4) is 5.75 Å². The molecule has 35 heavy (non-hydrogen) atoms. The zero-order valence-corrected chi connectivity index (χ0v) is 20.9. The summed E-state index contributed by atoms with van der Waals surface area (Å²) in [6.45, 7) is 1.92. The molecular weight excluding hydrogens is 452 g/mol. The lowest BCUT2D eigenvalue weighted by Gasteiger charge is -2.30. The number of anilines is 1. The highest BCUT2D eigenvalue weighted by Crippen LogP contribution is 2.31. The van der Waals surface area contributed by atoms with Crippen LogP contribution in [-0.2, 0) is 12.8 Å². The summed E-state index contributed by atoms with van der Waals surface area (Å²) < 4.78 is 14.3. The molecule has 178 valence electrons. The first-order valence-electron chi connectivity index (χ1n) is 12.4. The maximum absolute atomic E-state index is 14.3. The van der Waals surface area contributed by atoms with Crippen LogP contribution in [0.2, 0.25) is 0 Å². The SMILES string of the molecule is Oc1c(Cc2ccccc2)cc(Cc2ccccc2)cc1Pc1ccc(F)cc1N1CCCCC1. The number of phenolic OH excluding ortho intramolecular Hbond substituents is 1. The van der Waals surface area contributed by atoms with Crippen molar-refractivity contribution in [3.05, 3.63) is 119 Å². The van der Waals surface area contributed by atoms with Crippen molar-refractivity contribution in [2.45, 2.75) is 32.1 Å². The molecule has 0 spiro atoms. The average molecular weight is 484 g/mol. The normalized spacial score (nSPS) is 14.0. The van der Waals surface area contributed by atoms with Gasteiger partial charge in [0.15, 0.2) is 0 Å². The molecule has 1 unspecified atom stereocenters. The monoisotopic (exact) mass is 483 g/mol. The zero-order chi connectivity index (χ0) is 24.0. The molecule has 0 saturated carbocycles. The van der Waals surface area contributed by atoms with Gasteiger partial charge in [-0.1, -0.05) is 75.3 Å². The molecule has 1 aliphatic rings. The summed E-state index contributed by atoms with van der Waals surface area (Å²) >= 11 is 0. The summed E-state index contributed by atoms with van der Waals surface area (Å²) in [7, 11) is 0.251. The summed E-state index contributed by atoms with van der Waals surface area (Å²) in [5.74, 6) is 0.156. The zero-order valence-electron chi connectivity index (χ0n) is 19.9. The van der Waals surface area contributed by atoms with Crippen molar-refractivity contribution in [2.24, 2.45) is 0 Å². The second-order valence-electron chi connectivity index (χ2n) is 9.31. The van der Waals surface area contributed by atoms with E-state index in [9.17, 15) is 9.50 Å². The van der Waals surface area contributed by atoms with Crippen LogP contribution in [0.15, 0.2) is 91.0 Å². The second-order valence-corrected chi connectivity index (χ2v) is 10.6. The third-order valence-electron chi connectivity index (χ3n) is 6.66. The molecule has 0 aromatic heterocycles. The predicted octanol–water partition coefficient (Wildman–Crippen LogP) is 6.33. The van der Waals surface area contributed by atoms with Gasteiger partial charge in [0.05, 0.1) is 0 Å². The second kappa shape index (κ2) is 11.1. The van der Waals surface area contributed by atoms with Gasteiger partial charge < -0.3 is 10.0 Å². The van der Waals surface area contributed by atoms with E-state index < -0.39 is 0 Å². The van der Waals surface area contributed by atoms with Crippen LogP contribution in [0.4, 0.5) is 10.1 Å². The third-order valence-corrected chi connectivity index (χ3v) is 8.01. The van der Waals surface area contributed by atoms with Gasteiger partial charge in [0.1, 0.15) is 11.6 Å². The highest BCUT2D eigenvalue weighted by molar-refractivity contribution is 7.56. The average Bonchev–Trinajstić information content (AvgIpc) is 2.89. The van der Waals surface area contributed by atoms with E-state index in [2.05, 4.69) is 53.4 Å². The first kappa shape index (κ1) is 23.6. The molecule has 1 heterocycles. The third kappa shape index (κ3) is 5.92. The number of phenols is 1. The molecule has 0 aliphatic carbocycles. The molecule has 4 aromatic carbocycles. The van der Waals surface area contributed by atoms with E-state index in [0.29, 0.717) is 12.2 Å². The highest BCUT2D eigenvalue weighted by Gasteiger charge is 2.18.